The van der Waals surface area contributed by atoms with Gasteiger partial charge in [0.25, 0.3) is 5.56 Å². The third-order valence-corrected chi connectivity index (χ3v) is 6.04. The van der Waals surface area contributed by atoms with Gasteiger partial charge in [-0.25, -0.2) is 4.98 Å². The molecule has 1 aromatic carbocycles. The standard InChI is InChI=1S/C21H29N3O2S/c1-15(2)12-13-22-19(25)14-27-21-23-18-11-7-6-10-17(18)20(26)24(21)16-8-4-3-5-9-16/h6-7,10-11,15-16H,3-5,8-9,12-14H2,1-2H3,(H,22,25). The van der Waals surface area contributed by atoms with Crippen molar-refractivity contribution in [3.8, 4) is 0 Å². The molecule has 0 radical (unpaired) electrons. The van der Waals surface area contributed by atoms with Crippen molar-refractivity contribution in [1.82, 2.24) is 14.9 Å². The Morgan fingerprint density at radius 3 is 2.74 bits per heavy atom. The molecular weight excluding hydrogens is 358 g/mol. The summed E-state index contributed by atoms with van der Waals surface area (Å²) in [7, 11) is 0. The molecule has 1 amide bonds. The van der Waals surface area contributed by atoms with Gasteiger partial charge in [-0.2, -0.15) is 0 Å². The molecule has 1 fully saturated rings. The number of rotatable bonds is 7. The number of hydrogen-bond acceptors (Lipinski definition) is 4. The van der Waals surface area contributed by atoms with E-state index in [2.05, 4.69) is 19.2 Å². The Kier molecular flexibility index (Phi) is 6.94. The Labute approximate surface area is 164 Å². The Morgan fingerprint density at radius 1 is 1.26 bits per heavy atom. The molecule has 1 heterocycles. The van der Waals surface area contributed by atoms with Crippen LogP contribution >= 0.6 is 11.8 Å². The van der Waals surface area contributed by atoms with Crippen LogP contribution in [0.3, 0.4) is 0 Å². The van der Waals surface area contributed by atoms with Gasteiger partial charge in [0, 0.05) is 12.6 Å². The third-order valence-electron chi connectivity index (χ3n) is 5.09. The summed E-state index contributed by atoms with van der Waals surface area (Å²) in [5.74, 6) is 0.852. The lowest BCUT2D eigenvalue weighted by Gasteiger charge is -2.26. The first-order chi connectivity index (χ1) is 13.1. The predicted octanol–water partition coefficient (Wildman–Crippen LogP) is 4.16. The second kappa shape index (κ2) is 9.40. The zero-order chi connectivity index (χ0) is 19.2. The van der Waals surface area contributed by atoms with E-state index in [0.29, 0.717) is 28.5 Å². The van der Waals surface area contributed by atoms with Gasteiger partial charge in [-0.15, -0.1) is 0 Å². The predicted molar refractivity (Wildman–Crippen MR) is 111 cm³/mol. The van der Waals surface area contributed by atoms with Crippen molar-refractivity contribution < 1.29 is 4.79 Å². The highest BCUT2D eigenvalue weighted by atomic mass is 32.2. The summed E-state index contributed by atoms with van der Waals surface area (Å²) in [6.45, 7) is 4.98. The average molecular weight is 388 g/mol. The molecule has 6 heteroatoms. The van der Waals surface area contributed by atoms with Crippen molar-refractivity contribution in [2.75, 3.05) is 12.3 Å². The first kappa shape index (κ1) is 19.9. The molecule has 3 rings (SSSR count). The third kappa shape index (κ3) is 5.12. The highest BCUT2D eigenvalue weighted by Crippen LogP contribution is 2.30. The molecule has 5 nitrogen and oxygen atoms in total. The number of carbonyl (C=O) groups excluding carboxylic acids is 1. The smallest absolute Gasteiger partial charge is 0.262 e. The van der Waals surface area contributed by atoms with Crippen LogP contribution < -0.4 is 10.9 Å². The molecule has 0 unspecified atom stereocenters. The summed E-state index contributed by atoms with van der Waals surface area (Å²) in [4.78, 5) is 30.1. The van der Waals surface area contributed by atoms with Crippen molar-refractivity contribution >= 4 is 28.6 Å². The highest BCUT2D eigenvalue weighted by Gasteiger charge is 2.22. The fraction of sp³-hybridized carbons (Fsp3) is 0.571. The molecule has 146 valence electrons. The van der Waals surface area contributed by atoms with Crippen molar-refractivity contribution in [3.05, 3.63) is 34.6 Å². The summed E-state index contributed by atoms with van der Waals surface area (Å²) in [6, 6.07) is 7.68. The monoisotopic (exact) mass is 387 g/mol. The number of nitrogens with one attached hydrogen (secondary N) is 1. The molecule has 1 aliphatic carbocycles. The number of thioether (sulfide) groups is 1. The van der Waals surface area contributed by atoms with Gasteiger partial charge in [-0.05, 0) is 37.3 Å². The van der Waals surface area contributed by atoms with E-state index in [-0.39, 0.29) is 23.3 Å². The largest absolute Gasteiger partial charge is 0.355 e. The Balaban J connectivity index is 1.82. The van der Waals surface area contributed by atoms with Gasteiger partial charge in [0.15, 0.2) is 5.16 Å². The average Bonchev–Trinajstić information content (AvgIpc) is 2.67. The molecule has 0 bridgehead atoms. The molecule has 1 N–H and O–H groups in total. The van der Waals surface area contributed by atoms with E-state index in [1.807, 2.05) is 28.8 Å². The van der Waals surface area contributed by atoms with Crippen LogP contribution in [0.2, 0.25) is 0 Å². The first-order valence-electron chi connectivity index (χ1n) is 9.97. The van der Waals surface area contributed by atoms with E-state index in [1.165, 1.54) is 18.2 Å². The number of hydrogen-bond donors (Lipinski definition) is 1. The van der Waals surface area contributed by atoms with E-state index >= 15 is 0 Å². The van der Waals surface area contributed by atoms with Crippen LogP contribution in [0.25, 0.3) is 10.9 Å². The lowest BCUT2D eigenvalue weighted by molar-refractivity contribution is -0.118. The molecule has 1 aliphatic rings. The summed E-state index contributed by atoms with van der Waals surface area (Å²) in [5, 5.41) is 4.29. The molecular formula is C21H29N3O2S. The Hall–Kier alpha value is -1.82. The van der Waals surface area contributed by atoms with Crippen LogP contribution in [0.4, 0.5) is 0 Å². The number of amides is 1. The van der Waals surface area contributed by atoms with Gasteiger partial charge in [0.2, 0.25) is 5.91 Å². The maximum Gasteiger partial charge on any atom is 0.262 e. The summed E-state index contributed by atoms with van der Waals surface area (Å²) < 4.78 is 1.85. The van der Waals surface area contributed by atoms with Crippen molar-refractivity contribution in [1.29, 1.82) is 0 Å². The molecule has 2 aromatic rings. The van der Waals surface area contributed by atoms with E-state index in [0.717, 1.165) is 32.1 Å². The van der Waals surface area contributed by atoms with E-state index in [9.17, 15) is 9.59 Å². The Bertz CT molecular complexity index is 841. The minimum Gasteiger partial charge on any atom is -0.355 e. The molecule has 0 aliphatic heterocycles. The van der Waals surface area contributed by atoms with Crippen LogP contribution in [-0.4, -0.2) is 27.8 Å². The molecule has 0 saturated heterocycles. The van der Waals surface area contributed by atoms with Gasteiger partial charge in [0.05, 0.1) is 16.7 Å². The molecule has 0 atom stereocenters. The van der Waals surface area contributed by atoms with E-state index in [1.54, 1.807) is 0 Å². The summed E-state index contributed by atoms with van der Waals surface area (Å²) in [6.07, 6.45) is 6.50. The fourth-order valence-electron chi connectivity index (χ4n) is 3.57. The molecule has 0 spiro atoms. The lowest BCUT2D eigenvalue weighted by Crippen LogP contribution is -2.30. The topological polar surface area (TPSA) is 64.0 Å². The van der Waals surface area contributed by atoms with E-state index < -0.39 is 0 Å². The van der Waals surface area contributed by atoms with Gasteiger partial charge < -0.3 is 5.32 Å². The number of carbonyl (C=O) groups is 1. The van der Waals surface area contributed by atoms with Crippen LogP contribution in [0, 0.1) is 5.92 Å². The van der Waals surface area contributed by atoms with Crippen molar-refractivity contribution in [3.63, 3.8) is 0 Å². The summed E-state index contributed by atoms with van der Waals surface area (Å²) >= 11 is 1.38. The van der Waals surface area contributed by atoms with Gasteiger partial charge in [-0.1, -0.05) is 57.0 Å². The number of benzene rings is 1. The second-order valence-electron chi connectivity index (χ2n) is 7.70. The van der Waals surface area contributed by atoms with Crippen molar-refractivity contribution in [2.45, 2.75) is 63.6 Å². The zero-order valence-corrected chi connectivity index (χ0v) is 17.1. The maximum atomic E-state index is 13.1. The number of fused-ring (bicyclic) bond motifs is 1. The normalized spacial score (nSPS) is 15.4. The maximum absolute atomic E-state index is 13.1. The van der Waals surface area contributed by atoms with Gasteiger partial charge in [-0.3, -0.25) is 14.2 Å². The van der Waals surface area contributed by atoms with Crippen LogP contribution in [-0.2, 0) is 4.79 Å². The summed E-state index contributed by atoms with van der Waals surface area (Å²) in [5.41, 5.74) is 0.729. The minimum absolute atomic E-state index is 0.00162. The quantitative estimate of drug-likeness (QED) is 0.572. The number of para-hydroxylation sites is 1. The molecule has 27 heavy (non-hydrogen) atoms. The van der Waals surface area contributed by atoms with Crippen LogP contribution in [0.15, 0.2) is 34.2 Å². The van der Waals surface area contributed by atoms with Crippen LogP contribution in [0.1, 0.15) is 58.4 Å². The second-order valence-corrected chi connectivity index (χ2v) is 8.64. The fourth-order valence-corrected chi connectivity index (χ4v) is 4.47. The van der Waals surface area contributed by atoms with Crippen LogP contribution in [0.5, 0.6) is 0 Å². The van der Waals surface area contributed by atoms with Crippen molar-refractivity contribution in [2.24, 2.45) is 5.92 Å². The lowest BCUT2D eigenvalue weighted by atomic mass is 9.95. The highest BCUT2D eigenvalue weighted by molar-refractivity contribution is 7.99. The van der Waals surface area contributed by atoms with Gasteiger partial charge >= 0.3 is 0 Å². The van der Waals surface area contributed by atoms with E-state index in [4.69, 9.17) is 4.98 Å². The molecule has 1 saturated carbocycles. The first-order valence-corrected chi connectivity index (χ1v) is 11.0. The minimum atomic E-state index is -0.00162. The van der Waals surface area contributed by atoms with Gasteiger partial charge in [0.1, 0.15) is 0 Å². The zero-order valence-electron chi connectivity index (χ0n) is 16.2. The SMILES string of the molecule is CC(C)CCNC(=O)CSc1nc2ccccc2c(=O)n1C1CCCCC1. The number of nitrogens with zero attached hydrogens (tertiary/aromatic N) is 2. The number of aromatic nitrogens is 2. The molecule has 1 aromatic heterocycles. The Morgan fingerprint density at radius 2 is 2.00 bits per heavy atom.